The fourth-order valence-corrected chi connectivity index (χ4v) is 4.09. The summed E-state index contributed by atoms with van der Waals surface area (Å²) in [5.41, 5.74) is 1.54. The number of hydrogen-bond donors (Lipinski definition) is 0. The summed E-state index contributed by atoms with van der Waals surface area (Å²) in [6.45, 7) is 3.55. The highest BCUT2D eigenvalue weighted by Gasteiger charge is 2.34. The third kappa shape index (κ3) is 5.69. The van der Waals surface area contributed by atoms with E-state index < -0.39 is 28.1 Å². The van der Waals surface area contributed by atoms with Gasteiger partial charge in [-0.05, 0) is 18.1 Å². The van der Waals surface area contributed by atoms with Crippen LogP contribution in [0.2, 0.25) is 0 Å². The topological polar surface area (TPSA) is 63.7 Å². The molecule has 0 radical (unpaired) electrons. The van der Waals surface area contributed by atoms with Crippen molar-refractivity contribution < 1.29 is 17.9 Å². The minimum atomic E-state index is -3.82. The van der Waals surface area contributed by atoms with E-state index in [-0.39, 0.29) is 13.0 Å². The molecule has 0 aliphatic heterocycles. The van der Waals surface area contributed by atoms with Gasteiger partial charge in [0.05, 0.1) is 6.04 Å². The molecule has 2 rings (SSSR count). The van der Waals surface area contributed by atoms with Crippen LogP contribution in [0.25, 0.3) is 0 Å². The minimum Gasteiger partial charge on any atom is -0.456 e. The van der Waals surface area contributed by atoms with Crippen molar-refractivity contribution >= 4 is 32.9 Å². The summed E-state index contributed by atoms with van der Waals surface area (Å²) in [6.07, 6.45) is -0.540. The molecule has 0 bridgehead atoms. The largest absolute Gasteiger partial charge is 0.456 e. The highest BCUT2D eigenvalue weighted by molar-refractivity contribution is 8.13. The van der Waals surface area contributed by atoms with Gasteiger partial charge in [-0.1, -0.05) is 79.8 Å². The number of thiocarbonyl (C=S) groups is 1. The summed E-state index contributed by atoms with van der Waals surface area (Å²) in [5.74, 6) is -0.393. The molecule has 7 heteroatoms. The van der Waals surface area contributed by atoms with Gasteiger partial charge < -0.3 is 4.74 Å². The molecule has 5 nitrogen and oxygen atoms in total. The first kappa shape index (κ1) is 21.2. The molecule has 0 aliphatic rings. The number of nitrogens with zero attached hydrogens (tertiary/aromatic N) is 1. The van der Waals surface area contributed by atoms with Gasteiger partial charge >= 0.3 is 5.97 Å². The number of sulfonamides is 1. The molecule has 0 saturated heterocycles. The smallest absolute Gasteiger partial charge is 0.306 e. The van der Waals surface area contributed by atoms with E-state index in [1.54, 1.807) is 13.8 Å². The molecule has 0 fully saturated rings. The molecule has 0 N–H and O–H groups in total. The van der Waals surface area contributed by atoms with E-state index in [9.17, 15) is 13.2 Å². The Labute approximate surface area is 166 Å². The molecule has 27 heavy (non-hydrogen) atoms. The number of hydrogen-bond acceptors (Lipinski definition) is 5. The lowest BCUT2D eigenvalue weighted by molar-refractivity contribution is -0.151. The van der Waals surface area contributed by atoms with Gasteiger partial charge in [0.1, 0.15) is 10.8 Å². The SMILES string of the molecule is CCC(=O)O[C@H](c1ccccc1)[C@H](C)N(Cc1ccccc1)S(=O)(=O)C=S. The Morgan fingerprint density at radius 2 is 1.67 bits per heavy atom. The minimum absolute atomic E-state index is 0.129. The number of carbonyl (C=O) groups is 1. The molecule has 2 aromatic rings. The van der Waals surface area contributed by atoms with Gasteiger partial charge in [0.15, 0.2) is 0 Å². The molecule has 144 valence electrons. The number of rotatable bonds is 9. The third-order valence-corrected chi connectivity index (χ3v) is 6.29. The summed E-state index contributed by atoms with van der Waals surface area (Å²) in [6, 6.07) is 17.7. The molecule has 0 aliphatic carbocycles. The molecule has 0 aromatic heterocycles. The van der Waals surface area contributed by atoms with Crippen molar-refractivity contribution in [1.29, 1.82) is 0 Å². The first-order chi connectivity index (χ1) is 12.9. The van der Waals surface area contributed by atoms with Crippen molar-refractivity contribution in [2.45, 2.75) is 39.0 Å². The maximum atomic E-state index is 12.7. The van der Waals surface area contributed by atoms with Gasteiger partial charge in [0.25, 0.3) is 0 Å². The van der Waals surface area contributed by atoms with E-state index in [4.69, 9.17) is 17.0 Å². The quantitative estimate of drug-likeness (QED) is 0.468. The number of esters is 1. The molecular weight excluding hydrogens is 382 g/mol. The van der Waals surface area contributed by atoms with Crippen LogP contribution in [0.3, 0.4) is 0 Å². The predicted molar refractivity (Wildman–Crippen MR) is 110 cm³/mol. The Morgan fingerprint density at radius 3 is 2.19 bits per heavy atom. The van der Waals surface area contributed by atoms with Gasteiger partial charge in [-0.25, -0.2) is 8.42 Å². The fourth-order valence-electron chi connectivity index (χ4n) is 2.75. The van der Waals surface area contributed by atoms with Crippen LogP contribution in [0, 0.1) is 0 Å². The second kappa shape index (κ2) is 9.73. The lowest BCUT2D eigenvalue weighted by Gasteiger charge is -2.33. The predicted octanol–water partition coefficient (Wildman–Crippen LogP) is 3.86. The summed E-state index contributed by atoms with van der Waals surface area (Å²) in [7, 11) is -3.82. The van der Waals surface area contributed by atoms with E-state index in [0.29, 0.717) is 0 Å². The van der Waals surface area contributed by atoms with Crippen LogP contribution in [0.4, 0.5) is 0 Å². The first-order valence-electron chi connectivity index (χ1n) is 8.64. The number of carbonyl (C=O) groups excluding carboxylic acids is 1. The summed E-state index contributed by atoms with van der Waals surface area (Å²) in [4.78, 5) is 12.0. The molecule has 2 atom stereocenters. The standard InChI is InChI=1S/C20H23NO4S2/c1-3-19(22)25-20(18-12-8-5-9-13-18)16(2)21(27(23,24)15-26)14-17-10-6-4-7-11-17/h4-13,15-16,20H,3,14H2,1-2H3/t16-,20-/m0/s1. The molecular formula is C20H23NO4S2. The average Bonchev–Trinajstić information content (AvgIpc) is 2.70. The van der Waals surface area contributed by atoms with Crippen molar-refractivity contribution in [3.63, 3.8) is 0 Å². The zero-order valence-electron chi connectivity index (χ0n) is 15.3. The van der Waals surface area contributed by atoms with Crippen molar-refractivity contribution in [1.82, 2.24) is 4.31 Å². The zero-order chi connectivity index (χ0) is 19.9. The molecule has 0 spiro atoms. The molecule has 2 aromatic carbocycles. The van der Waals surface area contributed by atoms with Crippen LogP contribution in [-0.4, -0.2) is 29.4 Å². The van der Waals surface area contributed by atoms with Crippen molar-refractivity contribution in [2.24, 2.45) is 0 Å². The Morgan fingerprint density at radius 1 is 1.11 bits per heavy atom. The summed E-state index contributed by atoms with van der Waals surface area (Å²) >= 11 is 4.75. The fraction of sp³-hybridized carbons (Fsp3) is 0.300. The van der Waals surface area contributed by atoms with E-state index in [1.165, 1.54) is 4.31 Å². The average molecular weight is 406 g/mol. The van der Waals surface area contributed by atoms with Crippen molar-refractivity contribution in [3.8, 4) is 0 Å². The summed E-state index contributed by atoms with van der Waals surface area (Å²) < 4.78 is 33.0. The Bertz CT molecular complexity index is 854. The maximum Gasteiger partial charge on any atom is 0.306 e. The van der Waals surface area contributed by atoms with Gasteiger partial charge in [0.2, 0.25) is 10.0 Å². The second-order valence-electron chi connectivity index (χ2n) is 6.09. The zero-order valence-corrected chi connectivity index (χ0v) is 16.9. The van der Waals surface area contributed by atoms with Crippen LogP contribution in [0.15, 0.2) is 60.7 Å². The van der Waals surface area contributed by atoms with E-state index >= 15 is 0 Å². The normalized spacial score (nSPS) is 13.7. The van der Waals surface area contributed by atoms with Gasteiger partial charge in [-0.15, -0.1) is 0 Å². The Kier molecular flexibility index (Phi) is 7.65. The lowest BCUT2D eigenvalue weighted by atomic mass is 10.0. The molecule has 0 heterocycles. The molecule has 0 saturated carbocycles. The van der Waals surface area contributed by atoms with Crippen LogP contribution >= 0.6 is 12.2 Å². The maximum absolute atomic E-state index is 12.7. The summed E-state index contributed by atoms with van der Waals surface area (Å²) in [5, 5.41) is 0. The molecule has 0 unspecified atom stereocenters. The highest BCUT2D eigenvalue weighted by Crippen LogP contribution is 2.28. The highest BCUT2D eigenvalue weighted by atomic mass is 32.2. The lowest BCUT2D eigenvalue weighted by Crippen LogP contribution is -2.42. The Hall–Kier alpha value is -2.09. The van der Waals surface area contributed by atoms with Gasteiger partial charge in [0, 0.05) is 13.0 Å². The first-order valence-corrected chi connectivity index (χ1v) is 10.6. The van der Waals surface area contributed by atoms with Crippen LogP contribution in [0.1, 0.15) is 37.5 Å². The van der Waals surface area contributed by atoms with Crippen molar-refractivity contribution in [3.05, 3.63) is 71.8 Å². The van der Waals surface area contributed by atoms with Crippen molar-refractivity contribution in [2.75, 3.05) is 0 Å². The monoisotopic (exact) mass is 405 g/mol. The van der Waals surface area contributed by atoms with Crippen LogP contribution in [0.5, 0.6) is 0 Å². The third-order valence-electron chi connectivity index (χ3n) is 4.20. The second-order valence-corrected chi connectivity index (χ2v) is 8.36. The van der Waals surface area contributed by atoms with E-state index in [1.807, 2.05) is 60.7 Å². The molecule has 0 amide bonds. The van der Waals surface area contributed by atoms with Crippen LogP contribution in [-0.2, 0) is 26.1 Å². The van der Waals surface area contributed by atoms with Crippen LogP contribution < -0.4 is 0 Å². The number of ether oxygens (including phenoxy) is 1. The van der Waals surface area contributed by atoms with E-state index in [0.717, 1.165) is 15.8 Å². The van der Waals surface area contributed by atoms with Gasteiger partial charge in [-0.2, -0.15) is 4.31 Å². The number of benzene rings is 2. The Balaban J connectivity index is 2.43. The van der Waals surface area contributed by atoms with E-state index in [2.05, 4.69) is 0 Å². The van der Waals surface area contributed by atoms with Gasteiger partial charge in [-0.3, -0.25) is 4.79 Å².